The van der Waals surface area contributed by atoms with Crippen molar-refractivity contribution in [3.8, 4) is 0 Å². The van der Waals surface area contributed by atoms with Crippen LogP contribution in [0.25, 0.3) is 0 Å². The summed E-state index contributed by atoms with van der Waals surface area (Å²) in [6.45, 7) is 8.83. The first-order valence-corrected chi connectivity index (χ1v) is 5.77. The van der Waals surface area contributed by atoms with Crippen molar-refractivity contribution in [3.63, 3.8) is 0 Å². The van der Waals surface area contributed by atoms with Crippen LogP contribution in [0.4, 0.5) is 0 Å². The van der Waals surface area contributed by atoms with E-state index in [0.29, 0.717) is 5.92 Å². The van der Waals surface area contributed by atoms with E-state index in [2.05, 4.69) is 27.7 Å². The van der Waals surface area contributed by atoms with Gasteiger partial charge in [0.1, 0.15) is 0 Å². The Morgan fingerprint density at radius 2 is 1.64 bits per heavy atom. The molecule has 0 saturated heterocycles. The van der Waals surface area contributed by atoms with Crippen molar-refractivity contribution in [3.05, 3.63) is 0 Å². The summed E-state index contributed by atoms with van der Waals surface area (Å²) < 4.78 is 5.41. The Kier molecular flexibility index (Phi) is 7.20. The summed E-state index contributed by atoms with van der Waals surface area (Å²) in [6, 6.07) is 0.193. The van der Waals surface area contributed by atoms with Crippen molar-refractivity contribution in [1.82, 2.24) is 0 Å². The fourth-order valence-corrected chi connectivity index (χ4v) is 1.87. The zero-order valence-corrected chi connectivity index (χ0v) is 10.4. The quantitative estimate of drug-likeness (QED) is 0.687. The Bertz CT molecular complexity index is 134. The third-order valence-corrected chi connectivity index (χ3v) is 2.67. The minimum absolute atomic E-state index is 0.193. The van der Waals surface area contributed by atoms with Gasteiger partial charge in [0.2, 0.25) is 0 Å². The highest BCUT2D eigenvalue weighted by Crippen LogP contribution is 2.15. The topological polar surface area (TPSA) is 35.2 Å². The Balaban J connectivity index is 3.75. The zero-order chi connectivity index (χ0) is 11.1. The molecule has 0 fully saturated rings. The van der Waals surface area contributed by atoms with Crippen LogP contribution >= 0.6 is 0 Å². The van der Waals surface area contributed by atoms with Gasteiger partial charge in [-0.2, -0.15) is 0 Å². The van der Waals surface area contributed by atoms with Crippen LogP contribution in [0.3, 0.4) is 0 Å². The second kappa shape index (κ2) is 7.24. The molecule has 2 nitrogen and oxygen atoms in total. The number of ether oxygens (including phenoxy) is 1. The molecular formula is C12H27NO. The molecule has 0 spiro atoms. The third kappa shape index (κ3) is 5.61. The summed E-state index contributed by atoms with van der Waals surface area (Å²) >= 11 is 0. The summed E-state index contributed by atoms with van der Waals surface area (Å²) in [5.41, 5.74) is 6.09. The molecule has 0 radical (unpaired) electrons. The molecule has 2 atom stereocenters. The van der Waals surface area contributed by atoms with E-state index in [-0.39, 0.29) is 12.1 Å². The Labute approximate surface area is 89.2 Å². The smallest absolute Gasteiger partial charge is 0.0744 e. The van der Waals surface area contributed by atoms with Crippen LogP contribution in [0.1, 0.15) is 47.0 Å². The van der Waals surface area contributed by atoms with Crippen molar-refractivity contribution in [1.29, 1.82) is 0 Å². The highest BCUT2D eigenvalue weighted by molar-refractivity contribution is 4.76. The molecule has 0 amide bonds. The van der Waals surface area contributed by atoms with E-state index in [1.54, 1.807) is 7.11 Å². The Morgan fingerprint density at radius 1 is 1.07 bits per heavy atom. The summed E-state index contributed by atoms with van der Waals surface area (Å²) in [6.07, 6.45) is 3.77. The number of hydrogen-bond donors (Lipinski definition) is 1. The predicted octanol–water partition coefficient (Wildman–Crippen LogP) is 2.81. The van der Waals surface area contributed by atoms with Gasteiger partial charge in [0.15, 0.2) is 0 Å². The van der Waals surface area contributed by atoms with Crippen molar-refractivity contribution in [2.24, 2.45) is 17.6 Å². The van der Waals surface area contributed by atoms with Gasteiger partial charge in [-0.25, -0.2) is 0 Å². The molecule has 0 saturated carbocycles. The van der Waals surface area contributed by atoms with Gasteiger partial charge in [-0.15, -0.1) is 0 Å². The second-order valence-corrected chi connectivity index (χ2v) is 4.93. The van der Waals surface area contributed by atoms with Crippen molar-refractivity contribution in [2.75, 3.05) is 7.11 Å². The number of nitrogens with two attached hydrogens (primary N) is 1. The lowest BCUT2D eigenvalue weighted by Gasteiger charge is -2.26. The number of methoxy groups -OCH3 is 1. The van der Waals surface area contributed by atoms with Gasteiger partial charge < -0.3 is 10.5 Å². The fourth-order valence-electron chi connectivity index (χ4n) is 1.87. The largest absolute Gasteiger partial charge is 0.380 e. The zero-order valence-electron chi connectivity index (χ0n) is 10.4. The second-order valence-electron chi connectivity index (χ2n) is 4.93. The van der Waals surface area contributed by atoms with Gasteiger partial charge in [0, 0.05) is 13.2 Å². The molecule has 0 heterocycles. The molecule has 2 heteroatoms. The van der Waals surface area contributed by atoms with Gasteiger partial charge >= 0.3 is 0 Å². The van der Waals surface area contributed by atoms with Crippen LogP contribution in [0, 0.1) is 11.8 Å². The molecule has 0 rings (SSSR count). The van der Waals surface area contributed by atoms with Gasteiger partial charge in [-0.05, 0) is 18.3 Å². The SMILES string of the molecule is COC(C(C)C)C(N)CCCC(C)C. The molecule has 2 N–H and O–H groups in total. The van der Waals surface area contributed by atoms with Crippen LogP contribution in [-0.4, -0.2) is 19.3 Å². The molecule has 0 aliphatic carbocycles. The van der Waals surface area contributed by atoms with Crippen LogP contribution in [0.2, 0.25) is 0 Å². The molecular weight excluding hydrogens is 174 g/mol. The van der Waals surface area contributed by atoms with Crippen LogP contribution < -0.4 is 5.73 Å². The average Bonchev–Trinajstić information content (AvgIpc) is 2.03. The number of hydrogen-bond acceptors (Lipinski definition) is 2. The predicted molar refractivity (Wildman–Crippen MR) is 62.3 cm³/mol. The molecule has 0 aromatic heterocycles. The summed E-state index contributed by atoms with van der Waals surface area (Å²) in [5.74, 6) is 1.29. The normalized spacial score (nSPS) is 16.3. The maximum atomic E-state index is 6.09. The first-order chi connectivity index (χ1) is 6.49. The molecule has 0 aromatic rings. The highest BCUT2D eigenvalue weighted by Gasteiger charge is 2.20. The first kappa shape index (κ1) is 13.9. The maximum absolute atomic E-state index is 6.09. The van der Waals surface area contributed by atoms with E-state index >= 15 is 0 Å². The van der Waals surface area contributed by atoms with E-state index in [1.807, 2.05) is 0 Å². The van der Waals surface area contributed by atoms with Crippen LogP contribution in [0.5, 0.6) is 0 Å². The summed E-state index contributed by atoms with van der Waals surface area (Å²) in [4.78, 5) is 0. The minimum atomic E-state index is 0.193. The maximum Gasteiger partial charge on any atom is 0.0744 e. The van der Waals surface area contributed by atoms with Gasteiger partial charge in [0.25, 0.3) is 0 Å². The Hall–Kier alpha value is -0.0800. The van der Waals surface area contributed by atoms with Gasteiger partial charge in [-0.3, -0.25) is 0 Å². The fraction of sp³-hybridized carbons (Fsp3) is 1.00. The van der Waals surface area contributed by atoms with Crippen molar-refractivity contribution in [2.45, 2.75) is 59.1 Å². The van der Waals surface area contributed by atoms with Gasteiger partial charge in [-0.1, -0.05) is 40.5 Å². The first-order valence-electron chi connectivity index (χ1n) is 5.77. The van der Waals surface area contributed by atoms with Crippen molar-refractivity contribution < 1.29 is 4.74 Å². The summed E-state index contributed by atoms with van der Waals surface area (Å²) in [5, 5.41) is 0. The minimum Gasteiger partial charge on any atom is -0.380 e. The summed E-state index contributed by atoms with van der Waals surface area (Å²) in [7, 11) is 1.76. The molecule has 0 bridgehead atoms. The van der Waals surface area contributed by atoms with Gasteiger partial charge in [0.05, 0.1) is 6.10 Å². The lowest BCUT2D eigenvalue weighted by Crippen LogP contribution is -2.39. The van der Waals surface area contributed by atoms with Crippen LogP contribution in [0.15, 0.2) is 0 Å². The molecule has 0 aromatic carbocycles. The van der Waals surface area contributed by atoms with E-state index in [1.165, 1.54) is 12.8 Å². The standard InChI is InChI=1S/C12H27NO/c1-9(2)7-6-8-11(13)12(14-5)10(3)4/h9-12H,6-8,13H2,1-5H3. The molecule has 14 heavy (non-hydrogen) atoms. The lowest BCUT2D eigenvalue weighted by atomic mass is 9.94. The molecule has 0 aliphatic heterocycles. The Morgan fingerprint density at radius 3 is 2.00 bits per heavy atom. The monoisotopic (exact) mass is 201 g/mol. The molecule has 86 valence electrons. The van der Waals surface area contributed by atoms with Crippen molar-refractivity contribution >= 4 is 0 Å². The van der Waals surface area contributed by atoms with E-state index in [0.717, 1.165) is 12.3 Å². The third-order valence-electron chi connectivity index (χ3n) is 2.67. The lowest BCUT2D eigenvalue weighted by molar-refractivity contribution is 0.0410. The van der Waals surface area contributed by atoms with Crippen LogP contribution in [-0.2, 0) is 4.74 Å². The molecule has 0 aliphatic rings. The number of rotatable bonds is 7. The highest BCUT2D eigenvalue weighted by atomic mass is 16.5. The van der Waals surface area contributed by atoms with E-state index < -0.39 is 0 Å². The van der Waals surface area contributed by atoms with E-state index in [4.69, 9.17) is 10.5 Å². The van der Waals surface area contributed by atoms with E-state index in [9.17, 15) is 0 Å². The average molecular weight is 201 g/mol. The molecule has 2 unspecified atom stereocenters.